The van der Waals surface area contributed by atoms with Gasteiger partial charge < -0.3 is 14.0 Å². The second kappa shape index (κ2) is 11.3. The van der Waals surface area contributed by atoms with Crippen LogP contribution in [0, 0.1) is 0 Å². The van der Waals surface area contributed by atoms with Crippen molar-refractivity contribution in [3.8, 4) is 62.1 Å². The van der Waals surface area contributed by atoms with Crippen LogP contribution in [0.25, 0.3) is 60.9 Å². The molecule has 0 bridgehead atoms. The van der Waals surface area contributed by atoms with Crippen LogP contribution in [0.3, 0.4) is 0 Å². The first-order valence-electron chi connectivity index (χ1n) is 17.5. The number of hydrogen-bond acceptors (Lipinski definition) is 4. The van der Waals surface area contributed by atoms with E-state index in [-0.39, 0.29) is 6.71 Å². The normalized spacial score (nSPS) is 12.5. The van der Waals surface area contributed by atoms with Gasteiger partial charge in [0.05, 0.1) is 11.0 Å². The van der Waals surface area contributed by atoms with Crippen molar-refractivity contribution in [2.24, 2.45) is 0 Å². The van der Waals surface area contributed by atoms with Crippen molar-refractivity contribution < 1.29 is 9.47 Å². The molecule has 0 N–H and O–H groups in total. The van der Waals surface area contributed by atoms with Crippen LogP contribution in [0.15, 0.2) is 170 Å². The standard InChI is InChI=1S/C46H28BN3O2/c1-3-10-40-36(8-1)37-9-2-4-11-41(37)50(40)35-7-5-6-31(24-35)34-27-44-46-45(28-34)52-43-26-33(30-18-22-49-23-19-30)13-15-39(43)47(46)38-14-12-32(25-42(38)51-44)29-16-20-48-21-17-29/h1-28H. The molecule has 2 aliphatic heterocycles. The summed E-state index contributed by atoms with van der Waals surface area (Å²) >= 11 is 0. The van der Waals surface area contributed by atoms with Crippen LogP contribution >= 0.6 is 0 Å². The Balaban J connectivity index is 1.09. The average molecular weight is 666 g/mol. The second-order valence-electron chi connectivity index (χ2n) is 13.4. The quantitative estimate of drug-likeness (QED) is 0.176. The van der Waals surface area contributed by atoms with Gasteiger partial charge in [-0.15, -0.1) is 0 Å². The Kier molecular flexibility index (Phi) is 6.28. The molecule has 0 amide bonds. The highest BCUT2D eigenvalue weighted by atomic mass is 16.5. The zero-order valence-electron chi connectivity index (χ0n) is 27.9. The lowest BCUT2D eigenvalue weighted by atomic mass is 9.34. The summed E-state index contributed by atoms with van der Waals surface area (Å²) in [6.07, 6.45) is 7.30. The van der Waals surface area contributed by atoms with Crippen LogP contribution in [0.1, 0.15) is 0 Å². The van der Waals surface area contributed by atoms with Crippen molar-refractivity contribution in [1.82, 2.24) is 14.5 Å². The predicted octanol–water partition coefficient (Wildman–Crippen LogP) is 9.30. The van der Waals surface area contributed by atoms with Gasteiger partial charge >= 0.3 is 0 Å². The van der Waals surface area contributed by atoms with Gasteiger partial charge in [-0.25, -0.2) is 0 Å². The molecule has 0 fully saturated rings. The average Bonchev–Trinajstić information content (AvgIpc) is 3.55. The van der Waals surface area contributed by atoms with E-state index >= 15 is 0 Å². The molecule has 0 spiro atoms. The summed E-state index contributed by atoms with van der Waals surface area (Å²) in [7, 11) is 0. The summed E-state index contributed by atoms with van der Waals surface area (Å²) < 4.78 is 16.1. The zero-order chi connectivity index (χ0) is 34.2. The molecule has 6 heteroatoms. The minimum atomic E-state index is -0.0477. The summed E-state index contributed by atoms with van der Waals surface area (Å²) in [6, 6.07) is 51.5. The third-order valence-electron chi connectivity index (χ3n) is 10.5. The highest BCUT2D eigenvalue weighted by molar-refractivity contribution is 6.98. The fourth-order valence-electron chi connectivity index (χ4n) is 8.13. The second-order valence-corrected chi connectivity index (χ2v) is 13.4. The summed E-state index contributed by atoms with van der Waals surface area (Å²) in [5.74, 6) is 3.31. The molecule has 0 unspecified atom stereocenters. The van der Waals surface area contributed by atoms with Crippen molar-refractivity contribution in [2.75, 3.05) is 0 Å². The first kappa shape index (κ1) is 28.9. The van der Waals surface area contributed by atoms with Crippen LogP contribution in [-0.2, 0) is 0 Å². The topological polar surface area (TPSA) is 49.2 Å². The van der Waals surface area contributed by atoms with Gasteiger partial charge in [-0.3, -0.25) is 9.97 Å². The molecule has 0 atom stereocenters. The molecule has 0 aliphatic carbocycles. The highest BCUT2D eigenvalue weighted by Gasteiger charge is 2.40. The summed E-state index contributed by atoms with van der Waals surface area (Å²) in [6.45, 7) is -0.0477. The minimum Gasteiger partial charge on any atom is -0.458 e. The Morgan fingerprint density at radius 3 is 1.46 bits per heavy atom. The van der Waals surface area contributed by atoms with E-state index in [0.717, 1.165) is 78.5 Å². The van der Waals surface area contributed by atoms with Gasteiger partial charge in [0.15, 0.2) is 0 Å². The summed E-state index contributed by atoms with van der Waals surface area (Å²) in [4.78, 5) is 8.45. The van der Waals surface area contributed by atoms with Crippen LogP contribution < -0.4 is 25.9 Å². The van der Waals surface area contributed by atoms with Crippen molar-refractivity contribution in [3.05, 3.63) is 170 Å². The molecule has 0 radical (unpaired) electrons. The number of ether oxygens (including phenoxy) is 2. The van der Waals surface area contributed by atoms with E-state index in [4.69, 9.17) is 9.47 Å². The smallest absolute Gasteiger partial charge is 0.260 e. The molecule has 3 aromatic heterocycles. The number of hydrogen-bond donors (Lipinski definition) is 0. The van der Waals surface area contributed by atoms with Crippen molar-refractivity contribution >= 4 is 44.9 Å². The zero-order valence-corrected chi connectivity index (χ0v) is 27.9. The molecule has 5 nitrogen and oxygen atoms in total. The van der Waals surface area contributed by atoms with Gasteiger partial charge in [-0.2, -0.15) is 0 Å². The van der Waals surface area contributed by atoms with E-state index in [2.05, 4.69) is 136 Å². The maximum absolute atomic E-state index is 6.87. The van der Waals surface area contributed by atoms with Crippen LogP contribution in [-0.4, -0.2) is 21.2 Å². The lowest BCUT2D eigenvalue weighted by Gasteiger charge is -2.34. The Labute approximate surface area is 300 Å². The molecule has 0 saturated carbocycles. The number of pyridine rings is 2. The van der Waals surface area contributed by atoms with E-state index in [1.807, 2.05) is 49.1 Å². The Bertz CT molecular complexity index is 2700. The van der Waals surface area contributed by atoms with Gasteiger partial charge in [0, 0.05) is 46.7 Å². The van der Waals surface area contributed by atoms with Crippen molar-refractivity contribution in [3.63, 3.8) is 0 Å². The van der Waals surface area contributed by atoms with Gasteiger partial charge in [0.25, 0.3) is 6.71 Å². The molecular weight excluding hydrogens is 637 g/mol. The first-order chi connectivity index (χ1) is 25.8. The number of benzene rings is 6. The largest absolute Gasteiger partial charge is 0.458 e. The molecule has 11 rings (SSSR count). The Hall–Kier alpha value is -6.92. The maximum Gasteiger partial charge on any atom is 0.260 e. The van der Waals surface area contributed by atoms with Crippen LogP contribution in [0.2, 0.25) is 0 Å². The van der Waals surface area contributed by atoms with Gasteiger partial charge in [0.2, 0.25) is 0 Å². The van der Waals surface area contributed by atoms with Gasteiger partial charge in [-0.05, 0) is 117 Å². The van der Waals surface area contributed by atoms with Gasteiger partial charge in [-0.1, -0.05) is 72.8 Å². The van der Waals surface area contributed by atoms with E-state index < -0.39 is 0 Å². The molecule has 242 valence electrons. The van der Waals surface area contributed by atoms with Crippen LogP contribution in [0.4, 0.5) is 0 Å². The number of nitrogens with zero attached hydrogens (tertiary/aromatic N) is 3. The lowest BCUT2D eigenvalue weighted by Crippen LogP contribution is -2.57. The number of rotatable bonds is 4. The van der Waals surface area contributed by atoms with E-state index in [1.165, 1.54) is 21.8 Å². The third-order valence-corrected chi connectivity index (χ3v) is 10.5. The fraction of sp³-hybridized carbons (Fsp3) is 0. The number of para-hydroxylation sites is 2. The molecule has 2 aliphatic rings. The molecule has 5 heterocycles. The summed E-state index contributed by atoms with van der Waals surface area (Å²) in [5, 5.41) is 2.48. The molecule has 9 aromatic rings. The van der Waals surface area contributed by atoms with E-state index in [0.29, 0.717) is 0 Å². The monoisotopic (exact) mass is 665 g/mol. The van der Waals surface area contributed by atoms with Crippen LogP contribution in [0.5, 0.6) is 23.0 Å². The van der Waals surface area contributed by atoms with Crippen molar-refractivity contribution in [2.45, 2.75) is 0 Å². The maximum atomic E-state index is 6.87. The highest BCUT2D eigenvalue weighted by Crippen LogP contribution is 2.41. The molecule has 6 aromatic carbocycles. The number of fused-ring (bicyclic) bond motifs is 7. The SMILES string of the molecule is c1cc(-c2cc3c4c(c2)Oc2cc(-c5ccncc5)ccc2B4c2ccc(-c4ccncc4)cc2O3)cc(-n2c3ccccc3c3ccccc32)c1. The lowest BCUT2D eigenvalue weighted by molar-refractivity contribution is 0.465. The first-order valence-corrected chi connectivity index (χ1v) is 17.5. The molecular formula is C46H28BN3O2. The molecule has 0 saturated heterocycles. The Morgan fingerprint density at radius 1 is 0.404 bits per heavy atom. The number of aromatic nitrogens is 3. The van der Waals surface area contributed by atoms with E-state index in [9.17, 15) is 0 Å². The Morgan fingerprint density at radius 2 is 0.904 bits per heavy atom. The van der Waals surface area contributed by atoms with Gasteiger partial charge in [0.1, 0.15) is 23.0 Å². The molecule has 52 heavy (non-hydrogen) atoms. The van der Waals surface area contributed by atoms with E-state index in [1.54, 1.807) is 0 Å². The van der Waals surface area contributed by atoms with Crippen molar-refractivity contribution in [1.29, 1.82) is 0 Å². The minimum absolute atomic E-state index is 0.0477. The predicted molar refractivity (Wildman–Crippen MR) is 210 cm³/mol. The summed E-state index contributed by atoms with van der Waals surface area (Å²) in [5.41, 5.74) is 13.2. The third kappa shape index (κ3) is 4.44. The fourth-order valence-corrected chi connectivity index (χ4v) is 8.13.